The molecule has 0 radical (unpaired) electrons. The number of hydrogen-bond acceptors (Lipinski definition) is 4. The highest BCUT2D eigenvalue weighted by molar-refractivity contribution is 5.95. The van der Waals surface area contributed by atoms with Crippen LogP contribution in [0.15, 0.2) is 54.6 Å². The van der Waals surface area contributed by atoms with Gasteiger partial charge in [-0.2, -0.15) is 0 Å². The van der Waals surface area contributed by atoms with Crippen molar-refractivity contribution in [3.05, 3.63) is 81.4 Å². The Bertz CT molecular complexity index is 889. The number of hydrogen-bond donors (Lipinski definition) is 2. The van der Waals surface area contributed by atoms with E-state index in [0.29, 0.717) is 5.69 Å². The van der Waals surface area contributed by atoms with E-state index in [4.69, 9.17) is 0 Å². The molecule has 25 heavy (non-hydrogen) atoms. The maximum absolute atomic E-state index is 11.6. The summed E-state index contributed by atoms with van der Waals surface area (Å²) in [5, 5.41) is 23.8. The minimum atomic E-state index is -0.966. The molecule has 2 aromatic carbocycles. The Labute approximate surface area is 144 Å². The Hall–Kier alpha value is -3.15. The first-order valence-corrected chi connectivity index (χ1v) is 8.10. The highest BCUT2D eigenvalue weighted by Crippen LogP contribution is 2.50. The zero-order valence-electron chi connectivity index (χ0n) is 13.3. The molecule has 0 fully saturated rings. The second-order valence-corrected chi connectivity index (χ2v) is 6.40. The number of carbonyl (C=O) groups is 1. The summed E-state index contributed by atoms with van der Waals surface area (Å²) in [5.74, 6) is -0.555. The number of nitro groups is 1. The van der Waals surface area contributed by atoms with Crippen LogP contribution in [-0.2, 0) is 0 Å². The Morgan fingerprint density at radius 1 is 1.20 bits per heavy atom. The topological polar surface area (TPSA) is 92.5 Å². The van der Waals surface area contributed by atoms with E-state index < -0.39 is 10.9 Å². The number of non-ortho nitro benzene ring substituents is 1. The van der Waals surface area contributed by atoms with Crippen molar-refractivity contribution in [3.8, 4) is 0 Å². The van der Waals surface area contributed by atoms with Gasteiger partial charge in [-0.15, -0.1) is 0 Å². The molecule has 0 saturated carbocycles. The number of carboxylic acids is 1. The van der Waals surface area contributed by atoms with Gasteiger partial charge in [0.1, 0.15) is 0 Å². The molecule has 2 aromatic rings. The summed E-state index contributed by atoms with van der Waals surface area (Å²) in [6.45, 7) is 0. The standard InChI is InChI=1S/C19H16N2O4/c22-19(23)16-6-2-5-15-13-3-1-4-14(13)17(20-18(15)16)11-7-9-12(10-8-11)21(24)25/h1-3,5-10,13-14,17,20H,4H2,(H,22,23). The van der Waals surface area contributed by atoms with E-state index in [1.165, 1.54) is 12.1 Å². The van der Waals surface area contributed by atoms with E-state index in [1.54, 1.807) is 24.3 Å². The molecular weight excluding hydrogens is 320 g/mol. The smallest absolute Gasteiger partial charge is 0.337 e. The van der Waals surface area contributed by atoms with Crippen molar-refractivity contribution in [2.24, 2.45) is 5.92 Å². The van der Waals surface area contributed by atoms with E-state index in [-0.39, 0.29) is 29.1 Å². The zero-order valence-corrected chi connectivity index (χ0v) is 13.3. The molecular formula is C19H16N2O4. The van der Waals surface area contributed by atoms with E-state index in [2.05, 4.69) is 17.5 Å². The van der Waals surface area contributed by atoms with Gasteiger partial charge < -0.3 is 10.4 Å². The number of allylic oxidation sites excluding steroid dienone is 2. The van der Waals surface area contributed by atoms with Gasteiger partial charge >= 0.3 is 5.97 Å². The number of carboxylic acid groups (broad SMARTS) is 1. The Morgan fingerprint density at radius 2 is 1.96 bits per heavy atom. The fraction of sp³-hybridized carbons (Fsp3) is 0.211. The van der Waals surface area contributed by atoms with Crippen molar-refractivity contribution in [2.75, 3.05) is 5.32 Å². The van der Waals surface area contributed by atoms with Gasteiger partial charge in [0, 0.05) is 18.1 Å². The minimum Gasteiger partial charge on any atom is -0.478 e. The second kappa shape index (κ2) is 5.73. The SMILES string of the molecule is O=C(O)c1cccc2c1NC(c1ccc([N+](=O)[O-])cc1)C1CC=CC21. The van der Waals surface area contributed by atoms with Crippen LogP contribution in [-0.4, -0.2) is 16.0 Å². The number of rotatable bonds is 3. The number of nitrogens with zero attached hydrogens (tertiary/aromatic N) is 1. The van der Waals surface area contributed by atoms with Crippen molar-refractivity contribution in [1.82, 2.24) is 0 Å². The number of para-hydroxylation sites is 1. The molecule has 3 unspecified atom stereocenters. The van der Waals surface area contributed by atoms with Crippen LogP contribution >= 0.6 is 0 Å². The quantitative estimate of drug-likeness (QED) is 0.500. The Kier molecular flexibility index (Phi) is 3.53. The average molecular weight is 336 g/mol. The van der Waals surface area contributed by atoms with Gasteiger partial charge in [-0.05, 0) is 29.5 Å². The Morgan fingerprint density at radius 3 is 2.64 bits per heavy atom. The molecule has 0 saturated heterocycles. The zero-order chi connectivity index (χ0) is 17.6. The number of nitrogens with one attached hydrogen (secondary N) is 1. The predicted octanol–water partition coefficient (Wildman–Crippen LogP) is 4.12. The first kappa shape index (κ1) is 15.4. The summed E-state index contributed by atoms with van der Waals surface area (Å²) in [6, 6.07) is 11.7. The van der Waals surface area contributed by atoms with Crippen molar-refractivity contribution in [2.45, 2.75) is 18.4 Å². The van der Waals surface area contributed by atoms with Crippen molar-refractivity contribution >= 4 is 17.3 Å². The molecule has 0 aromatic heterocycles. The molecule has 0 amide bonds. The monoisotopic (exact) mass is 336 g/mol. The van der Waals surface area contributed by atoms with Crippen LogP contribution in [0.3, 0.4) is 0 Å². The number of aromatic carboxylic acids is 1. The minimum absolute atomic E-state index is 0.0484. The Balaban J connectivity index is 1.78. The average Bonchev–Trinajstić information content (AvgIpc) is 3.10. The van der Waals surface area contributed by atoms with Crippen molar-refractivity contribution in [1.29, 1.82) is 0 Å². The first-order valence-electron chi connectivity index (χ1n) is 8.10. The number of fused-ring (bicyclic) bond motifs is 3. The largest absolute Gasteiger partial charge is 0.478 e. The maximum Gasteiger partial charge on any atom is 0.337 e. The molecule has 3 atom stereocenters. The number of anilines is 1. The van der Waals surface area contributed by atoms with Crippen LogP contribution in [0.2, 0.25) is 0 Å². The van der Waals surface area contributed by atoms with Crippen molar-refractivity contribution < 1.29 is 14.8 Å². The molecule has 2 N–H and O–H groups in total. The molecule has 0 spiro atoms. The highest BCUT2D eigenvalue weighted by atomic mass is 16.6. The van der Waals surface area contributed by atoms with Crippen LogP contribution in [0.4, 0.5) is 11.4 Å². The van der Waals surface area contributed by atoms with Gasteiger partial charge in [0.15, 0.2) is 0 Å². The third-order valence-electron chi connectivity index (χ3n) is 5.09. The van der Waals surface area contributed by atoms with E-state index in [9.17, 15) is 20.0 Å². The van der Waals surface area contributed by atoms with Gasteiger partial charge in [0.25, 0.3) is 5.69 Å². The molecule has 4 rings (SSSR count). The molecule has 126 valence electrons. The molecule has 6 heteroatoms. The fourth-order valence-electron chi connectivity index (χ4n) is 3.93. The van der Waals surface area contributed by atoms with Crippen molar-refractivity contribution in [3.63, 3.8) is 0 Å². The number of benzene rings is 2. The molecule has 0 bridgehead atoms. The summed E-state index contributed by atoms with van der Waals surface area (Å²) >= 11 is 0. The normalized spacial score (nSPS) is 23.4. The molecule has 2 aliphatic rings. The molecule has 1 aliphatic carbocycles. The summed E-state index contributed by atoms with van der Waals surface area (Å²) in [5.41, 5.74) is 2.87. The van der Waals surface area contributed by atoms with Crippen LogP contribution < -0.4 is 5.32 Å². The summed E-state index contributed by atoms with van der Waals surface area (Å²) in [6.07, 6.45) is 5.14. The van der Waals surface area contributed by atoms with Gasteiger partial charge in [0.2, 0.25) is 0 Å². The summed E-state index contributed by atoms with van der Waals surface area (Å²) in [7, 11) is 0. The van der Waals surface area contributed by atoms with Crippen LogP contribution in [0.1, 0.15) is 39.9 Å². The van der Waals surface area contributed by atoms with E-state index in [0.717, 1.165) is 17.5 Å². The van der Waals surface area contributed by atoms with Gasteiger partial charge in [-0.1, -0.05) is 36.4 Å². The maximum atomic E-state index is 11.6. The van der Waals surface area contributed by atoms with Gasteiger partial charge in [-0.3, -0.25) is 10.1 Å². The second-order valence-electron chi connectivity index (χ2n) is 6.40. The molecule has 6 nitrogen and oxygen atoms in total. The van der Waals surface area contributed by atoms with Gasteiger partial charge in [-0.25, -0.2) is 4.79 Å². The highest BCUT2D eigenvalue weighted by Gasteiger charge is 2.39. The third-order valence-corrected chi connectivity index (χ3v) is 5.09. The van der Waals surface area contributed by atoms with E-state index in [1.807, 2.05) is 6.07 Å². The summed E-state index contributed by atoms with van der Waals surface area (Å²) < 4.78 is 0. The van der Waals surface area contributed by atoms with Crippen LogP contribution in [0.5, 0.6) is 0 Å². The predicted molar refractivity (Wildman–Crippen MR) is 92.8 cm³/mol. The molecule has 1 heterocycles. The lowest BCUT2D eigenvalue weighted by atomic mass is 9.76. The third kappa shape index (κ3) is 2.46. The van der Waals surface area contributed by atoms with Crippen LogP contribution in [0, 0.1) is 16.0 Å². The molecule has 1 aliphatic heterocycles. The lowest BCUT2D eigenvalue weighted by molar-refractivity contribution is -0.384. The fourth-order valence-corrected chi connectivity index (χ4v) is 3.93. The van der Waals surface area contributed by atoms with Gasteiger partial charge in [0.05, 0.1) is 22.2 Å². The number of nitro benzene ring substituents is 1. The van der Waals surface area contributed by atoms with E-state index >= 15 is 0 Å². The summed E-state index contributed by atoms with van der Waals surface area (Å²) in [4.78, 5) is 22.0. The lowest BCUT2D eigenvalue weighted by Crippen LogP contribution is -2.30. The first-order chi connectivity index (χ1) is 12.1. The lowest BCUT2D eigenvalue weighted by Gasteiger charge is -2.38. The van der Waals surface area contributed by atoms with Crippen LogP contribution in [0.25, 0.3) is 0 Å².